The van der Waals surface area contributed by atoms with Crippen LogP contribution in [0.25, 0.3) is 0 Å². The van der Waals surface area contributed by atoms with Gasteiger partial charge < -0.3 is 4.90 Å². The maximum absolute atomic E-state index is 12.4. The van der Waals surface area contributed by atoms with Gasteiger partial charge in [0.15, 0.2) is 0 Å². The molecule has 0 radical (unpaired) electrons. The highest BCUT2D eigenvalue weighted by molar-refractivity contribution is 7.07. The molecule has 2 fully saturated rings. The van der Waals surface area contributed by atoms with Crippen LogP contribution in [0.2, 0.25) is 0 Å². The Bertz CT molecular complexity index is 423. The van der Waals surface area contributed by atoms with Gasteiger partial charge in [-0.15, -0.1) is 0 Å². The molecule has 3 nitrogen and oxygen atoms in total. The maximum atomic E-state index is 12.4. The molecule has 17 heavy (non-hydrogen) atoms. The summed E-state index contributed by atoms with van der Waals surface area (Å²) in [5.74, 6) is 0.818. The Hall–Kier alpha value is -0.870. The molecule has 1 aliphatic carbocycles. The molecule has 1 atom stereocenters. The van der Waals surface area contributed by atoms with Gasteiger partial charge in [0.25, 0.3) is 0 Å². The van der Waals surface area contributed by atoms with Crippen molar-refractivity contribution >= 4 is 17.2 Å². The quantitative estimate of drug-likeness (QED) is 0.893. The monoisotopic (exact) mass is 250 g/mol. The molecule has 1 unspecified atom stereocenters. The molecule has 3 rings (SSSR count). The first-order chi connectivity index (χ1) is 8.12. The summed E-state index contributed by atoms with van der Waals surface area (Å²) in [6.07, 6.45) is 2.10. The minimum absolute atomic E-state index is 0.0960. The van der Waals surface area contributed by atoms with Crippen LogP contribution in [0.15, 0.2) is 16.8 Å². The molecule has 0 bridgehead atoms. The highest BCUT2D eigenvalue weighted by Gasteiger charge is 2.59. The van der Waals surface area contributed by atoms with Crippen molar-refractivity contribution in [3.05, 3.63) is 22.4 Å². The van der Waals surface area contributed by atoms with Crippen LogP contribution in [0.5, 0.6) is 0 Å². The average molecular weight is 250 g/mol. The molecule has 2 heterocycles. The van der Waals surface area contributed by atoms with Crippen LogP contribution in [0.4, 0.5) is 0 Å². The number of hydrogen-bond donors (Lipinski definition) is 1. The summed E-state index contributed by atoms with van der Waals surface area (Å²) in [6.45, 7) is 5.17. The SMILES string of the molecule is CC(C)CN1C(=O)C2(CC2)NC1c1ccsc1. The molecule has 1 aromatic heterocycles. The van der Waals surface area contributed by atoms with Gasteiger partial charge in [-0.3, -0.25) is 10.1 Å². The van der Waals surface area contributed by atoms with Crippen molar-refractivity contribution in [2.24, 2.45) is 5.92 Å². The Morgan fingerprint density at radius 1 is 1.59 bits per heavy atom. The van der Waals surface area contributed by atoms with Gasteiger partial charge in [-0.2, -0.15) is 11.3 Å². The van der Waals surface area contributed by atoms with Crippen molar-refractivity contribution < 1.29 is 4.79 Å². The van der Waals surface area contributed by atoms with E-state index >= 15 is 0 Å². The van der Waals surface area contributed by atoms with E-state index in [1.165, 1.54) is 5.56 Å². The minimum atomic E-state index is -0.207. The van der Waals surface area contributed by atoms with E-state index in [-0.39, 0.29) is 11.7 Å². The lowest BCUT2D eigenvalue weighted by molar-refractivity contribution is -0.131. The molecular weight excluding hydrogens is 232 g/mol. The van der Waals surface area contributed by atoms with Crippen molar-refractivity contribution in [3.63, 3.8) is 0 Å². The predicted octanol–water partition coefficient (Wildman–Crippen LogP) is 2.37. The number of nitrogens with one attached hydrogen (secondary N) is 1. The number of thiophene rings is 1. The molecule has 1 saturated heterocycles. The first kappa shape index (κ1) is 11.2. The van der Waals surface area contributed by atoms with Gasteiger partial charge >= 0.3 is 0 Å². The van der Waals surface area contributed by atoms with Crippen molar-refractivity contribution in [2.75, 3.05) is 6.54 Å². The Morgan fingerprint density at radius 3 is 2.88 bits per heavy atom. The third-order valence-corrected chi connectivity index (χ3v) is 4.27. The predicted molar refractivity (Wildman–Crippen MR) is 68.7 cm³/mol. The molecule has 1 aliphatic heterocycles. The average Bonchev–Trinajstić information content (AvgIpc) is 2.76. The third-order valence-electron chi connectivity index (χ3n) is 3.57. The summed E-state index contributed by atoms with van der Waals surface area (Å²) in [4.78, 5) is 14.4. The Kier molecular flexibility index (Phi) is 2.52. The van der Waals surface area contributed by atoms with Gasteiger partial charge in [-0.1, -0.05) is 13.8 Å². The lowest BCUT2D eigenvalue weighted by Gasteiger charge is -2.25. The van der Waals surface area contributed by atoms with Crippen LogP contribution >= 0.6 is 11.3 Å². The van der Waals surface area contributed by atoms with Crippen LogP contribution in [0.1, 0.15) is 38.4 Å². The number of carbonyl (C=O) groups is 1. The van der Waals surface area contributed by atoms with Gasteiger partial charge in [0, 0.05) is 6.54 Å². The van der Waals surface area contributed by atoms with Gasteiger partial charge in [0.1, 0.15) is 11.7 Å². The molecule has 2 aliphatic rings. The van der Waals surface area contributed by atoms with Crippen molar-refractivity contribution in [3.8, 4) is 0 Å². The molecule has 1 spiro atoms. The smallest absolute Gasteiger partial charge is 0.244 e. The summed E-state index contributed by atoms with van der Waals surface area (Å²) in [5.41, 5.74) is 1.02. The maximum Gasteiger partial charge on any atom is 0.244 e. The van der Waals surface area contributed by atoms with Crippen LogP contribution in [-0.4, -0.2) is 22.9 Å². The number of nitrogens with zero attached hydrogens (tertiary/aromatic N) is 1. The fourth-order valence-corrected chi connectivity index (χ4v) is 3.23. The van der Waals surface area contributed by atoms with E-state index in [0.717, 1.165) is 19.4 Å². The van der Waals surface area contributed by atoms with Crippen molar-refractivity contribution in [2.45, 2.75) is 38.4 Å². The molecule has 92 valence electrons. The zero-order chi connectivity index (χ0) is 12.0. The molecule has 4 heteroatoms. The van der Waals surface area contributed by atoms with E-state index in [4.69, 9.17) is 0 Å². The van der Waals surface area contributed by atoms with E-state index in [9.17, 15) is 4.79 Å². The number of rotatable bonds is 3. The summed E-state index contributed by atoms with van der Waals surface area (Å²) in [6, 6.07) is 2.12. The molecule has 1 saturated carbocycles. The van der Waals surface area contributed by atoms with Gasteiger partial charge in [-0.25, -0.2) is 0 Å². The number of carbonyl (C=O) groups excluding carboxylic acids is 1. The lowest BCUT2D eigenvalue weighted by Crippen LogP contribution is -2.34. The summed E-state index contributed by atoms with van der Waals surface area (Å²) in [7, 11) is 0. The van der Waals surface area contributed by atoms with Crippen molar-refractivity contribution in [1.82, 2.24) is 10.2 Å². The molecule has 1 amide bonds. The zero-order valence-corrected chi connectivity index (χ0v) is 11.1. The van der Waals surface area contributed by atoms with Crippen molar-refractivity contribution in [1.29, 1.82) is 0 Å². The fourth-order valence-electron chi connectivity index (χ4n) is 2.55. The molecule has 1 aromatic rings. The first-order valence-corrected chi connectivity index (χ1v) is 7.17. The standard InChI is InChI=1S/C13H18N2OS/c1-9(2)7-15-11(10-3-6-17-8-10)14-13(4-5-13)12(15)16/h3,6,8-9,11,14H,4-5,7H2,1-2H3. The second-order valence-corrected chi connectivity index (χ2v) is 6.32. The molecule has 0 aromatic carbocycles. The van der Waals surface area contributed by atoms with E-state index in [2.05, 4.69) is 36.0 Å². The first-order valence-electron chi connectivity index (χ1n) is 6.23. The molecular formula is C13H18N2OS. The summed E-state index contributed by atoms with van der Waals surface area (Å²) < 4.78 is 0. The van der Waals surface area contributed by atoms with Gasteiger partial charge in [0.2, 0.25) is 5.91 Å². The van der Waals surface area contributed by atoms with Gasteiger partial charge in [0.05, 0.1) is 0 Å². The van der Waals surface area contributed by atoms with E-state index in [1.807, 2.05) is 4.90 Å². The van der Waals surface area contributed by atoms with Crippen LogP contribution in [0, 0.1) is 5.92 Å². The summed E-state index contributed by atoms with van der Waals surface area (Å²) in [5, 5.41) is 7.75. The van der Waals surface area contributed by atoms with E-state index < -0.39 is 0 Å². The van der Waals surface area contributed by atoms with Gasteiger partial charge in [-0.05, 0) is 41.1 Å². The largest absolute Gasteiger partial charge is 0.321 e. The topological polar surface area (TPSA) is 32.3 Å². The Morgan fingerprint density at radius 2 is 2.35 bits per heavy atom. The second-order valence-electron chi connectivity index (χ2n) is 5.54. The minimum Gasteiger partial charge on any atom is -0.321 e. The highest BCUT2D eigenvalue weighted by Crippen LogP contribution is 2.46. The zero-order valence-electron chi connectivity index (χ0n) is 10.3. The fraction of sp³-hybridized carbons (Fsp3) is 0.615. The third kappa shape index (κ3) is 1.79. The van der Waals surface area contributed by atoms with Crippen LogP contribution < -0.4 is 5.32 Å². The van der Waals surface area contributed by atoms with Crippen LogP contribution in [0.3, 0.4) is 0 Å². The normalized spacial score (nSPS) is 26.2. The Labute approximate surface area is 106 Å². The highest BCUT2D eigenvalue weighted by atomic mass is 32.1. The molecule has 1 N–H and O–H groups in total. The second kappa shape index (κ2) is 3.82. The summed E-state index contributed by atoms with van der Waals surface area (Å²) >= 11 is 1.69. The van der Waals surface area contributed by atoms with E-state index in [1.54, 1.807) is 11.3 Å². The van der Waals surface area contributed by atoms with E-state index in [0.29, 0.717) is 11.8 Å². The number of amides is 1. The number of hydrogen-bond acceptors (Lipinski definition) is 3. The van der Waals surface area contributed by atoms with Crippen LogP contribution in [-0.2, 0) is 4.79 Å². The lowest BCUT2D eigenvalue weighted by atomic mass is 10.1. The Balaban J connectivity index is 1.88.